The van der Waals surface area contributed by atoms with Crippen LogP contribution >= 0.6 is 0 Å². The van der Waals surface area contributed by atoms with E-state index >= 15 is 0 Å². The lowest BCUT2D eigenvalue weighted by Crippen LogP contribution is -2.58. The number of carbonyl (C=O) groups is 2. The molecule has 1 fully saturated rings. The summed E-state index contributed by atoms with van der Waals surface area (Å²) in [5.74, 6) is -0.184. The molecule has 26 heavy (non-hydrogen) atoms. The number of rotatable bonds is 2. The molecule has 0 unspecified atom stereocenters. The van der Waals surface area contributed by atoms with Gasteiger partial charge in [0.25, 0.3) is 0 Å². The Morgan fingerprint density at radius 3 is 2.50 bits per heavy atom. The molecule has 0 amide bonds. The molecule has 3 aliphatic rings. The highest BCUT2D eigenvalue weighted by molar-refractivity contribution is 6.04. The Balaban J connectivity index is 2.21. The fourth-order valence-electron chi connectivity index (χ4n) is 5.81. The van der Waals surface area contributed by atoms with Crippen LogP contribution in [0.25, 0.3) is 0 Å². The largest absolute Gasteiger partial charge is 0.458 e. The molecule has 3 aliphatic carbocycles. The first-order chi connectivity index (χ1) is 12.0. The lowest BCUT2D eigenvalue weighted by Gasteiger charge is -2.59. The van der Waals surface area contributed by atoms with Gasteiger partial charge in [0.2, 0.25) is 0 Å². The molecule has 144 valence electrons. The number of aliphatic hydroxyl groups excluding tert-OH is 1. The van der Waals surface area contributed by atoms with Gasteiger partial charge in [0.1, 0.15) is 6.10 Å². The molecule has 1 N–H and O–H groups in total. The lowest BCUT2D eigenvalue weighted by atomic mass is 9.46. The third-order valence-electron chi connectivity index (χ3n) is 7.59. The molecule has 0 heterocycles. The van der Waals surface area contributed by atoms with Crippen LogP contribution in [0.1, 0.15) is 66.7 Å². The van der Waals surface area contributed by atoms with Crippen molar-refractivity contribution in [2.45, 2.75) is 78.9 Å². The maximum Gasteiger partial charge on any atom is 0.303 e. The van der Waals surface area contributed by atoms with Gasteiger partial charge in [0.05, 0.1) is 6.10 Å². The molecule has 1 saturated carbocycles. The summed E-state index contributed by atoms with van der Waals surface area (Å²) in [6.45, 7) is 13.8. The van der Waals surface area contributed by atoms with E-state index in [1.807, 2.05) is 6.92 Å². The fourth-order valence-corrected chi connectivity index (χ4v) is 5.81. The van der Waals surface area contributed by atoms with Crippen LogP contribution in [-0.4, -0.2) is 29.1 Å². The molecule has 0 aromatic heterocycles. The van der Waals surface area contributed by atoms with Crippen LogP contribution in [0.3, 0.4) is 0 Å². The Bertz CT molecular complexity index is 688. The van der Waals surface area contributed by atoms with Crippen molar-refractivity contribution in [3.8, 4) is 0 Å². The zero-order chi connectivity index (χ0) is 19.5. The third-order valence-corrected chi connectivity index (χ3v) is 7.59. The summed E-state index contributed by atoms with van der Waals surface area (Å²) < 4.78 is 5.66. The highest BCUT2D eigenvalue weighted by Crippen LogP contribution is 2.62. The maximum atomic E-state index is 13.4. The van der Waals surface area contributed by atoms with Gasteiger partial charge in [0.15, 0.2) is 5.78 Å². The number of Topliss-reactive ketones (excluding diaryl/α,β-unsaturated/α-hetero) is 1. The van der Waals surface area contributed by atoms with Gasteiger partial charge >= 0.3 is 5.97 Å². The van der Waals surface area contributed by atoms with Gasteiger partial charge in [0, 0.05) is 23.3 Å². The van der Waals surface area contributed by atoms with Crippen molar-refractivity contribution >= 4 is 11.8 Å². The second-order valence-corrected chi connectivity index (χ2v) is 9.56. The lowest BCUT2D eigenvalue weighted by molar-refractivity contribution is -0.153. The predicted molar refractivity (Wildman–Crippen MR) is 100 cm³/mol. The fraction of sp³-hybridized carbons (Fsp3) is 0.727. The smallest absolute Gasteiger partial charge is 0.303 e. The summed E-state index contributed by atoms with van der Waals surface area (Å²) in [7, 11) is 0. The van der Waals surface area contributed by atoms with Crippen LogP contribution in [0.2, 0.25) is 0 Å². The van der Waals surface area contributed by atoms with E-state index in [9.17, 15) is 14.7 Å². The highest BCUT2D eigenvalue weighted by atomic mass is 16.5. The van der Waals surface area contributed by atoms with E-state index in [1.165, 1.54) is 6.92 Å². The van der Waals surface area contributed by atoms with Crippen LogP contribution in [0, 0.1) is 22.2 Å². The molecule has 0 aromatic carbocycles. The summed E-state index contributed by atoms with van der Waals surface area (Å²) in [6.07, 6.45) is 4.43. The summed E-state index contributed by atoms with van der Waals surface area (Å²) in [5.41, 5.74) is 0.600. The van der Waals surface area contributed by atoms with Crippen LogP contribution in [-0.2, 0) is 14.3 Å². The van der Waals surface area contributed by atoms with Gasteiger partial charge in [-0.1, -0.05) is 32.4 Å². The molecule has 0 aliphatic heterocycles. The maximum absolute atomic E-state index is 13.4. The third kappa shape index (κ3) is 2.60. The van der Waals surface area contributed by atoms with Gasteiger partial charge in [-0.2, -0.15) is 0 Å². The van der Waals surface area contributed by atoms with Crippen molar-refractivity contribution in [1.29, 1.82) is 0 Å². The second kappa shape index (κ2) is 6.05. The zero-order valence-corrected chi connectivity index (χ0v) is 16.7. The van der Waals surface area contributed by atoms with Crippen LogP contribution in [0.15, 0.2) is 23.8 Å². The van der Waals surface area contributed by atoms with Crippen LogP contribution < -0.4 is 0 Å². The molecule has 4 nitrogen and oxygen atoms in total. The minimum atomic E-state index is -0.629. The Labute approximate surface area is 156 Å². The monoisotopic (exact) mass is 360 g/mol. The SMILES string of the molecule is C=C[C@@]1(C)CCC2=C(C1=O)[C@@H](OC(C)=O)C[C@@H]1C(C)(C)CC[C@@H](O)[C@@]21C. The van der Waals surface area contributed by atoms with E-state index in [4.69, 9.17) is 4.74 Å². The number of carbonyl (C=O) groups excluding carboxylic acids is 2. The van der Waals surface area contributed by atoms with E-state index in [0.717, 1.165) is 24.8 Å². The molecular formula is C22H32O4. The number of esters is 1. The number of ketones is 1. The summed E-state index contributed by atoms with van der Waals surface area (Å²) in [4.78, 5) is 25.2. The van der Waals surface area contributed by atoms with Gasteiger partial charge in [-0.05, 0) is 50.4 Å². The van der Waals surface area contributed by atoms with E-state index in [0.29, 0.717) is 18.4 Å². The Morgan fingerprint density at radius 1 is 1.27 bits per heavy atom. The van der Waals surface area contributed by atoms with Crippen molar-refractivity contribution in [2.24, 2.45) is 22.2 Å². The standard InChI is InChI=1S/C22H32O4/c1-7-21(5)11-8-14-18(19(21)25)15(26-13(2)23)12-16-20(3,4)10-9-17(24)22(14,16)6/h7,15-17,24H,1,8-12H2,2-6H3/t15-,16+,17+,21-,22-/m0/s1. The molecule has 5 atom stereocenters. The average Bonchev–Trinajstić information content (AvgIpc) is 2.56. The Kier molecular flexibility index (Phi) is 4.50. The molecular weight excluding hydrogens is 328 g/mol. The molecule has 0 saturated heterocycles. The van der Waals surface area contributed by atoms with Gasteiger partial charge in [-0.3, -0.25) is 9.59 Å². The molecule has 0 aromatic rings. The molecule has 0 bridgehead atoms. The number of hydrogen-bond donors (Lipinski definition) is 1. The number of ether oxygens (including phenoxy) is 1. The minimum Gasteiger partial charge on any atom is -0.458 e. The first-order valence-corrected chi connectivity index (χ1v) is 9.74. The molecule has 3 rings (SSSR count). The van der Waals surface area contributed by atoms with Crippen LogP contribution in [0.5, 0.6) is 0 Å². The average molecular weight is 360 g/mol. The van der Waals surface area contributed by atoms with Crippen LogP contribution in [0.4, 0.5) is 0 Å². The number of fused-ring (bicyclic) bond motifs is 2. The van der Waals surface area contributed by atoms with E-state index < -0.39 is 23.0 Å². The first kappa shape index (κ1) is 19.3. The highest BCUT2D eigenvalue weighted by Gasteiger charge is 2.60. The van der Waals surface area contributed by atoms with E-state index in [2.05, 4.69) is 27.4 Å². The summed E-state index contributed by atoms with van der Waals surface area (Å²) >= 11 is 0. The molecule has 4 heteroatoms. The predicted octanol–water partition coefficient (Wildman–Crippen LogP) is 3.98. The van der Waals surface area contributed by atoms with Gasteiger partial charge in [-0.25, -0.2) is 0 Å². The summed E-state index contributed by atoms with van der Waals surface area (Å²) in [5, 5.41) is 11.0. The number of allylic oxidation sites excluding steroid dienone is 1. The topological polar surface area (TPSA) is 63.6 Å². The van der Waals surface area contributed by atoms with Crippen molar-refractivity contribution in [2.75, 3.05) is 0 Å². The quantitative estimate of drug-likeness (QED) is 0.598. The zero-order valence-electron chi connectivity index (χ0n) is 16.7. The van der Waals surface area contributed by atoms with Crippen molar-refractivity contribution in [3.05, 3.63) is 23.8 Å². The Morgan fingerprint density at radius 2 is 1.92 bits per heavy atom. The number of aliphatic hydroxyl groups is 1. The van der Waals surface area contributed by atoms with Crippen molar-refractivity contribution in [1.82, 2.24) is 0 Å². The molecule has 0 spiro atoms. The minimum absolute atomic E-state index is 0.00949. The van der Waals surface area contributed by atoms with Crippen molar-refractivity contribution in [3.63, 3.8) is 0 Å². The Hall–Kier alpha value is -1.42. The van der Waals surface area contributed by atoms with Gasteiger partial charge in [-0.15, -0.1) is 6.58 Å². The first-order valence-electron chi connectivity index (χ1n) is 9.74. The second-order valence-electron chi connectivity index (χ2n) is 9.56. The van der Waals surface area contributed by atoms with E-state index in [1.54, 1.807) is 6.08 Å². The molecule has 0 radical (unpaired) electrons. The van der Waals surface area contributed by atoms with E-state index in [-0.39, 0.29) is 23.1 Å². The van der Waals surface area contributed by atoms with Gasteiger partial charge < -0.3 is 9.84 Å². The summed E-state index contributed by atoms with van der Waals surface area (Å²) in [6, 6.07) is 0. The normalized spacial score (nSPS) is 41.9. The van der Waals surface area contributed by atoms with Crippen molar-refractivity contribution < 1.29 is 19.4 Å². The number of hydrogen-bond acceptors (Lipinski definition) is 4.